The molecule has 0 heterocycles. The summed E-state index contributed by atoms with van der Waals surface area (Å²) < 4.78 is 72.9. The van der Waals surface area contributed by atoms with E-state index < -0.39 is 129 Å². The first-order valence-corrected chi connectivity index (χ1v) is 29.9. The second kappa shape index (κ2) is 58.9. The highest BCUT2D eigenvalue weighted by atomic mass is 16.6. The van der Waals surface area contributed by atoms with Gasteiger partial charge in [-0.15, -0.1) is 0 Å². The molecule has 0 aromatic carbocycles. The molecule has 0 saturated heterocycles. The summed E-state index contributed by atoms with van der Waals surface area (Å²) in [4.78, 5) is 25.2. The van der Waals surface area contributed by atoms with Crippen molar-refractivity contribution in [2.45, 2.75) is 117 Å². The predicted octanol–water partition coefficient (Wildman–Crippen LogP) is -12.4. The van der Waals surface area contributed by atoms with Crippen molar-refractivity contribution in [3.63, 3.8) is 0 Å². The normalized spacial score (nSPS) is 17.8. The Morgan fingerprint density at radius 2 is 0.429 bits per heavy atom. The SMILES string of the molecule is CNC(CCC(=O)NCC(O)COCC(O)COCC(O)COCC(O)COCC(O)COCC(O)COCC(O)COCC(O)CO)C(=O)NCC(O)COCC(O)COCC(O)COCC(O)COCC(O)COCC(O)COCC(O)COCC(O)CO. The van der Waals surface area contributed by atoms with Gasteiger partial charge in [0.2, 0.25) is 11.8 Å². The van der Waals surface area contributed by atoms with Crippen LogP contribution in [0.25, 0.3) is 0 Å². The number of aliphatic hydroxyl groups is 18. The Labute approximate surface area is 529 Å². The Kier molecular flexibility index (Phi) is 57.4. The summed E-state index contributed by atoms with van der Waals surface area (Å²) in [5.74, 6) is -0.992. The third kappa shape index (κ3) is 56.5. The van der Waals surface area contributed by atoms with Gasteiger partial charge >= 0.3 is 0 Å². The van der Waals surface area contributed by atoms with Crippen LogP contribution in [0.5, 0.6) is 0 Å². The fourth-order valence-electron chi connectivity index (χ4n) is 6.91. The van der Waals surface area contributed by atoms with Crippen LogP contribution in [0.1, 0.15) is 12.8 Å². The minimum absolute atomic E-state index is 0.0591. The standard InChI is InChI=1S/C54H109N3O34/c1-55-52(54(77)57-5-37(61)9-79-13-41(65)17-83-21-45(69)25-87-29-49(73)33-91-35-51(75)31-89-27-47(71)23-85-19-43(67)15-81-11-39(63)7-59)2-3-53(76)56-4-36(60)8-78-12-40(64)16-82-20-44(68)24-86-28-48(72)32-90-34-50(74)30-88-26-46(70)22-84-18-42(66)14-80-10-38(62)6-58/h36-52,55,58-75H,2-35H2,1H3,(H,56,76)(H,57,77). The Hall–Kier alpha value is -2.38. The zero-order chi connectivity index (χ0) is 68.0. The van der Waals surface area contributed by atoms with E-state index in [1.54, 1.807) is 0 Å². The smallest absolute Gasteiger partial charge is 0.237 e. The molecule has 0 rings (SSSR count). The highest BCUT2D eigenvalue weighted by molar-refractivity contribution is 5.83. The van der Waals surface area contributed by atoms with Crippen LogP contribution in [0.2, 0.25) is 0 Å². The molecule has 2 amide bonds. The van der Waals surface area contributed by atoms with Crippen molar-refractivity contribution in [1.29, 1.82) is 0 Å². The van der Waals surface area contributed by atoms with Gasteiger partial charge in [0.1, 0.15) is 85.5 Å². The van der Waals surface area contributed by atoms with Gasteiger partial charge in [-0.05, 0) is 13.5 Å². The second-order valence-electron chi connectivity index (χ2n) is 21.3. The number of carbonyl (C=O) groups excluding carboxylic acids is 2. The number of aliphatic hydroxyl groups excluding tert-OH is 18. The van der Waals surface area contributed by atoms with E-state index in [4.69, 9.17) is 76.5 Å². The van der Waals surface area contributed by atoms with Crippen molar-refractivity contribution >= 4 is 11.8 Å². The molecule has 37 nitrogen and oxygen atoms in total. The van der Waals surface area contributed by atoms with Gasteiger partial charge in [0, 0.05) is 19.5 Å². The van der Waals surface area contributed by atoms with Crippen molar-refractivity contribution in [2.24, 2.45) is 0 Å². The first-order chi connectivity index (χ1) is 43.5. The zero-order valence-corrected chi connectivity index (χ0v) is 51.9. The number of likely N-dealkylation sites (N-methyl/N-ethyl adjacent to an activating group) is 1. The summed E-state index contributed by atoms with van der Waals surface area (Å²) in [6, 6.07) is -0.820. The van der Waals surface area contributed by atoms with Crippen LogP contribution in [0.15, 0.2) is 0 Å². The van der Waals surface area contributed by atoms with E-state index in [0.717, 1.165) is 0 Å². The molecule has 17 unspecified atom stereocenters. The summed E-state index contributed by atoms with van der Waals surface area (Å²) in [6.07, 6.45) is -17.5. The average molecular weight is 1340 g/mol. The second-order valence-corrected chi connectivity index (χ2v) is 21.3. The van der Waals surface area contributed by atoms with Crippen LogP contribution in [0.4, 0.5) is 0 Å². The van der Waals surface area contributed by atoms with Crippen LogP contribution in [-0.2, 0) is 75.9 Å². The van der Waals surface area contributed by atoms with Crippen molar-refractivity contribution in [1.82, 2.24) is 16.0 Å². The van der Waals surface area contributed by atoms with Crippen molar-refractivity contribution in [3.05, 3.63) is 0 Å². The number of amides is 2. The Balaban J connectivity index is 3.98. The minimum atomic E-state index is -1.16. The van der Waals surface area contributed by atoms with Gasteiger partial charge in [0.05, 0.1) is 216 Å². The van der Waals surface area contributed by atoms with Gasteiger partial charge in [-0.1, -0.05) is 0 Å². The van der Waals surface area contributed by atoms with E-state index in [1.165, 1.54) is 7.05 Å². The largest absolute Gasteiger partial charge is 0.394 e. The summed E-state index contributed by atoms with van der Waals surface area (Å²) in [5.41, 5.74) is 0. The maximum atomic E-state index is 12.7. The summed E-state index contributed by atoms with van der Waals surface area (Å²) in [6.45, 7) is -7.05. The molecular weight excluding hydrogens is 1230 g/mol. The number of hydrogen-bond donors (Lipinski definition) is 21. The van der Waals surface area contributed by atoms with Crippen LogP contribution in [0, 0.1) is 0 Å². The lowest BCUT2D eigenvalue weighted by atomic mass is 10.1. The molecule has 0 aromatic rings. The molecule has 0 spiro atoms. The number of carbonyl (C=O) groups is 2. The molecule has 17 atom stereocenters. The van der Waals surface area contributed by atoms with E-state index in [0.29, 0.717) is 0 Å². The highest BCUT2D eigenvalue weighted by Gasteiger charge is 2.22. The fourth-order valence-corrected chi connectivity index (χ4v) is 6.91. The first kappa shape index (κ1) is 88.6. The van der Waals surface area contributed by atoms with E-state index in [9.17, 15) is 91.3 Å². The average Bonchev–Trinajstić information content (AvgIpc) is 3.57. The predicted molar refractivity (Wildman–Crippen MR) is 310 cm³/mol. The zero-order valence-electron chi connectivity index (χ0n) is 51.9. The lowest BCUT2D eigenvalue weighted by Crippen LogP contribution is -2.46. The van der Waals surface area contributed by atoms with Crippen LogP contribution < -0.4 is 16.0 Å². The molecule has 0 aromatic heterocycles. The van der Waals surface area contributed by atoms with E-state index in [2.05, 4.69) is 16.0 Å². The molecule has 0 bridgehead atoms. The van der Waals surface area contributed by atoms with E-state index in [1.807, 2.05) is 0 Å². The van der Waals surface area contributed by atoms with Crippen LogP contribution >= 0.6 is 0 Å². The van der Waals surface area contributed by atoms with Crippen LogP contribution in [-0.4, -0.2) is 426 Å². The molecular formula is C54H109N3O34. The monoisotopic (exact) mass is 1340 g/mol. The highest BCUT2D eigenvalue weighted by Crippen LogP contribution is 2.03. The lowest BCUT2D eigenvalue weighted by Gasteiger charge is -2.19. The van der Waals surface area contributed by atoms with Gasteiger partial charge in [0.25, 0.3) is 0 Å². The number of rotatable bonds is 67. The molecule has 91 heavy (non-hydrogen) atoms. The summed E-state index contributed by atoms with van der Waals surface area (Å²) in [5, 5.41) is 184. The molecule has 0 saturated carbocycles. The molecule has 0 radical (unpaired) electrons. The maximum absolute atomic E-state index is 12.7. The van der Waals surface area contributed by atoms with Gasteiger partial charge in [-0.2, -0.15) is 0 Å². The fraction of sp³-hybridized carbons (Fsp3) is 0.963. The van der Waals surface area contributed by atoms with Crippen molar-refractivity contribution in [2.75, 3.05) is 218 Å². The molecule has 0 aliphatic rings. The number of nitrogens with one attached hydrogen (secondary N) is 3. The van der Waals surface area contributed by atoms with E-state index >= 15 is 0 Å². The maximum Gasteiger partial charge on any atom is 0.237 e. The Morgan fingerprint density at radius 3 is 0.604 bits per heavy atom. The quantitative estimate of drug-likeness (QED) is 0.0269. The van der Waals surface area contributed by atoms with Crippen molar-refractivity contribution in [3.8, 4) is 0 Å². The van der Waals surface area contributed by atoms with E-state index in [-0.39, 0.29) is 211 Å². The van der Waals surface area contributed by atoms with Gasteiger partial charge in [-0.25, -0.2) is 0 Å². The Morgan fingerprint density at radius 1 is 0.264 bits per heavy atom. The molecule has 0 aliphatic carbocycles. The lowest BCUT2D eigenvalue weighted by molar-refractivity contribution is -0.125. The molecule has 21 N–H and O–H groups in total. The summed E-state index contributed by atoms with van der Waals surface area (Å²) in [7, 11) is 1.51. The van der Waals surface area contributed by atoms with Gasteiger partial charge < -0.3 is 174 Å². The van der Waals surface area contributed by atoms with Gasteiger partial charge in [-0.3, -0.25) is 9.59 Å². The minimum Gasteiger partial charge on any atom is -0.394 e. The number of hydrogen-bond acceptors (Lipinski definition) is 35. The molecule has 0 aliphatic heterocycles. The first-order valence-electron chi connectivity index (χ1n) is 29.9. The summed E-state index contributed by atoms with van der Waals surface area (Å²) >= 11 is 0. The Bertz CT molecular complexity index is 1650. The molecule has 37 heteroatoms. The third-order valence-electron chi connectivity index (χ3n) is 11.5. The molecule has 544 valence electrons. The van der Waals surface area contributed by atoms with Gasteiger partial charge in [0.15, 0.2) is 0 Å². The van der Waals surface area contributed by atoms with Crippen LogP contribution in [0.3, 0.4) is 0 Å². The molecule has 0 fully saturated rings. The topological polar surface area (TPSA) is 564 Å². The van der Waals surface area contributed by atoms with Crippen molar-refractivity contribution < 1.29 is 168 Å². The third-order valence-corrected chi connectivity index (χ3v) is 11.5. The number of ether oxygens (including phenoxy) is 14.